The molecule has 17 heavy (non-hydrogen) atoms. The summed E-state index contributed by atoms with van der Waals surface area (Å²) >= 11 is 7.15. The highest BCUT2D eigenvalue weighted by atomic mass is 35.5. The first-order valence-electron chi connectivity index (χ1n) is 5.11. The summed E-state index contributed by atoms with van der Waals surface area (Å²) in [6, 6.07) is 5.29. The molecule has 2 nitrogen and oxygen atoms in total. The quantitative estimate of drug-likeness (QED) is 0.778. The van der Waals surface area contributed by atoms with Gasteiger partial charge in [-0.05, 0) is 24.6 Å². The van der Waals surface area contributed by atoms with Gasteiger partial charge in [0.05, 0.1) is 5.02 Å². The monoisotopic (exact) mass is 268 g/mol. The summed E-state index contributed by atoms with van der Waals surface area (Å²) in [6.45, 7) is 3.02. The van der Waals surface area contributed by atoms with Gasteiger partial charge in [0.15, 0.2) is 10.9 Å². The molecule has 0 aromatic heterocycles. The lowest BCUT2D eigenvalue weighted by molar-refractivity contribution is -0.109. The van der Waals surface area contributed by atoms with Gasteiger partial charge in [0.25, 0.3) is 0 Å². The van der Waals surface area contributed by atoms with Crippen LogP contribution in [0.3, 0.4) is 0 Å². The van der Waals surface area contributed by atoms with E-state index < -0.39 is 0 Å². The van der Waals surface area contributed by atoms with Crippen molar-refractivity contribution < 1.29 is 9.59 Å². The Labute approximate surface area is 110 Å². The standard InChI is InChI=1S/C13H13ClO2S/c1-9(15)12-8-11(5-6-13(12)14)4-3-7-17-10(2)16/h3-6,8H,7H2,1-2H3. The minimum atomic E-state index is -0.0524. The van der Waals surface area contributed by atoms with Crippen molar-refractivity contribution in [3.05, 3.63) is 40.4 Å². The van der Waals surface area contributed by atoms with Crippen LogP contribution in [0.25, 0.3) is 6.08 Å². The van der Waals surface area contributed by atoms with Gasteiger partial charge >= 0.3 is 0 Å². The molecule has 0 spiro atoms. The van der Waals surface area contributed by atoms with Crippen LogP contribution in [-0.4, -0.2) is 16.7 Å². The first-order chi connectivity index (χ1) is 8.00. The fourth-order valence-corrected chi connectivity index (χ4v) is 1.94. The molecular formula is C13H13ClO2S. The maximum absolute atomic E-state index is 11.3. The average Bonchev–Trinajstić information content (AvgIpc) is 2.25. The van der Waals surface area contributed by atoms with Crippen molar-refractivity contribution in [3.63, 3.8) is 0 Å². The third-order valence-corrected chi connectivity index (χ3v) is 3.16. The normalized spacial score (nSPS) is 10.8. The second-order valence-electron chi connectivity index (χ2n) is 3.50. The minimum absolute atomic E-state index is 0.0524. The lowest BCUT2D eigenvalue weighted by atomic mass is 10.1. The lowest BCUT2D eigenvalue weighted by Crippen LogP contribution is -1.93. The van der Waals surface area contributed by atoms with Gasteiger partial charge in [-0.25, -0.2) is 0 Å². The van der Waals surface area contributed by atoms with Crippen molar-refractivity contribution in [1.29, 1.82) is 0 Å². The van der Waals surface area contributed by atoms with E-state index in [0.29, 0.717) is 16.3 Å². The fraction of sp³-hybridized carbons (Fsp3) is 0.231. The molecule has 0 bridgehead atoms. The Bertz CT molecular complexity index is 466. The van der Waals surface area contributed by atoms with Crippen LogP contribution >= 0.6 is 23.4 Å². The number of ketones is 1. The van der Waals surface area contributed by atoms with Gasteiger partial charge < -0.3 is 0 Å². The van der Waals surface area contributed by atoms with Crippen LogP contribution in [0.5, 0.6) is 0 Å². The molecule has 0 fully saturated rings. The van der Waals surface area contributed by atoms with Crippen LogP contribution in [0.15, 0.2) is 24.3 Å². The van der Waals surface area contributed by atoms with Crippen LogP contribution in [0.1, 0.15) is 29.8 Å². The van der Waals surface area contributed by atoms with Crippen molar-refractivity contribution in [2.75, 3.05) is 5.75 Å². The second-order valence-corrected chi connectivity index (χ2v) is 5.10. The summed E-state index contributed by atoms with van der Waals surface area (Å²) < 4.78 is 0. The Morgan fingerprint density at radius 3 is 2.65 bits per heavy atom. The summed E-state index contributed by atoms with van der Waals surface area (Å²) in [7, 11) is 0. The van der Waals surface area contributed by atoms with Crippen LogP contribution in [0, 0.1) is 0 Å². The van der Waals surface area contributed by atoms with E-state index in [1.807, 2.05) is 18.2 Å². The SMILES string of the molecule is CC(=O)SCC=Cc1ccc(Cl)c(C(C)=O)c1. The molecule has 90 valence electrons. The Hall–Kier alpha value is -1.06. The van der Waals surface area contributed by atoms with E-state index in [-0.39, 0.29) is 10.9 Å². The molecule has 0 amide bonds. The number of halogens is 1. The van der Waals surface area contributed by atoms with Crippen LogP contribution in [0.2, 0.25) is 5.02 Å². The zero-order chi connectivity index (χ0) is 12.8. The predicted molar refractivity (Wildman–Crippen MR) is 73.6 cm³/mol. The van der Waals surface area contributed by atoms with E-state index in [1.165, 1.54) is 25.6 Å². The van der Waals surface area contributed by atoms with Crippen LogP contribution in [-0.2, 0) is 4.79 Å². The first-order valence-corrected chi connectivity index (χ1v) is 6.47. The maximum Gasteiger partial charge on any atom is 0.186 e. The van der Waals surface area contributed by atoms with Gasteiger partial charge in [-0.15, -0.1) is 0 Å². The topological polar surface area (TPSA) is 34.1 Å². The van der Waals surface area contributed by atoms with Gasteiger partial charge in [0.2, 0.25) is 0 Å². The number of thioether (sulfide) groups is 1. The van der Waals surface area contributed by atoms with Gasteiger partial charge in [-0.3, -0.25) is 9.59 Å². The van der Waals surface area contributed by atoms with Gasteiger partial charge in [-0.2, -0.15) is 0 Å². The number of benzene rings is 1. The summed E-state index contributed by atoms with van der Waals surface area (Å²) in [4.78, 5) is 22.0. The van der Waals surface area contributed by atoms with Gasteiger partial charge in [0, 0.05) is 18.2 Å². The zero-order valence-electron chi connectivity index (χ0n) is 9.70. The molecule has 0 unspecified atom stereocenters. The highest BCUT2D eigenvalue weighted by Gasteiger charge is 2.05. The zero-order valence-corrected chi connectivity index (χ0v) is 11.3. The molecule has 4 heteroatoms. The van der Waals surface area contributed by atoms with Crippen molar-refractivity contribution in [2.24, 2.45) is 0 Å². The van der Waals surface area contributed by atoms with E-state index in [1.54, 1.807) is 12.1 Å². The Morgan fingerprint density at radius 1 is 1.35 bits per heavy atom. The van der Waals surface area contributed by atoms with Crippen molar-refractivity contribution in [2.45, 2.75) is 13.8 Å². The van der Waals surface area contributed by atoms with Crippen molar-refractivity contribution >= 4 is 40.3 Å². The van der Waals surface area contributed by atoms with E-state index in [9.17, 15) is 9.59 Å². The molecule has 0 heterocycles. The van der Waals surface area contributed by atoms with Gasteiger partial charge in [-0.1, -0.05) is 41.6 Å². The van der Waals surface area contributed by atoms with Crippen molar-refractivity contribution in [3.8, 4) is 0 Å². The third-order valence-electron chi connectivity index (χ3n) is 2.06. The van der Waals surface area contributed by atoms with E-state index in [4.69, 9.17) is 11.6 Å². The largest absolute Gasteiger partial charge is 0.294 e. The lowest BCUT2D eigenvalue weighted by Gasteiger charge is -2.01. The molecule has 0 radical (unpaired) electrons. The second kappa shape index (κ2) is 6.62. The number of carbonyl (C=O) groups excluding carboxylic acids is 2. The van der Waals surface area contributed by atoms with E-state index >= 15 is 0 Å². The van der Waals surface area contributed by atoms with Crippen LogP contribution < -0.4 is 0 Å². The highest BCUT2D eigenvalue weighted by Crippen LogP contribution is 2.19. The molecule has 0 aliphatic heterocycles. The summed E-state index contributed by atoms with van der Waals surface area (Å²) in [5.74, 6) is 0.580. The average molecular weight is 269 g/mol. The van der Waals surface area contributed by atoms with Crippen LogP contribution in [0.4, 0.5) is 0 Å². The van der Waals surface area contributed by atoms with Gasteiger partial charge in [0.1, 0.15) is 0 Å². The van der Waals surface area contributed by atoms with E-state index in [0.717, 1.165) is 5.56 Å². The molecule has 1 aromatic rings. The minimum Gasteiger partial charge on any atom is -0.294 e. The number of hydrogen-bond acceptors (Lipinski definition) is 3. The number of hydrogen-bond donors (Lipinski definition) is 0. The summed E-state index contributed by atoms with van der Waals surface area (Å²) in [6.07, 6.45) is 3.76. The van der Waals surface area contributed by atoms with E-state index in [2.05, 4.69) is 0 Å². The fourth-order valence-electron chi connectivity index (χ4n) is 1.27. The Morgan fingerprint density at radius 2 is 2.06 bits per heavy atom. The number of Topliss-reactive ketones (excluding diaryl/α,β-unsaturated/α-hetero) is 1. The number of carbonyl (C=O) groups is 2. The highest BCUT2D eigenvalue weighted by molar-refractivity contribution is 8.13. The predicted octanol–water partition coefficient (Wildman–Crippen LogP) is 3.84. The molecule has 0 saturated heterocycles. The molecule has 1 rings (SSSR count). The smallest absolute Gasteiger partial charge is 0.186 e. The Kier molecular flexibility index (Phi) is 5.45. The Balaban J connectivity index is 2.75. The number of rotatable bonds is 4. The molecule has 1 aromatic carbocycles. The molecule has 0 aliphatic rings. The third kappa shape index (κ3) is 4.75. The summed E-state index contributed by atoms with van der Waals surface area (Å²) in [5, 5.41) is 0.558. The molecule has 0 aliphatic carbocycles. The molecule has 0 saturated carbocycles. The molecule has 0 atom stereocenters. The molecular weight excluding hydrogens is 256 g/mol. The van der Waals surface area contributed by atoms with Crippen molar-refractivity contribution in [1.82, 2.24) is 0 Å². The maximum atomic E-state index is 11.3. The first kappa shape index (κ1) is 14.0. The molecule has 0 N–H and O–H groups in total. The summed E-state index contributed by atoms with van der Waals surface area (Å²) in [5.41, 5.74) is 1.43.